The molecule has 0 bridgehead atoms. The number of benzene rings is 1. The van der Waals surface area contributed by atoms with Crippen LogP contribution in [0.2, 0.25) is 0 Å². The van der Waals surface area contributed by atoms with Crippen LogP contribution in [0.3, 0.4) is 0 Å². The van der Waals surface area contributed by atoms with E-state index in [-0.39, 0.29) is 0 Å². The van der Waals surface area contributed by atoms with Gasteiger partial charge in [-0.3, -0.25) is 4.98 Å². The molecule has 0 radical (unpaired) electrons. The molecule has 0 amide bonds. The maximum absolute atomic E-state index is 4.76. The lowest BCUT2D eigenvalue weighted by molar-refractivity contribution is 0.480. The zero-order valence-corrected chi connectivity index (χ0v) is 14.5. The molecule has 1 saturated heterocycles. The maximum atomic E-state index is 4.76. The lowest BCUT2D eigenvalue weighted by atomic mass is 9.95. The van der Waals surface area contributed by atoms with Crippen LogP contribution in [-0.2, 0) is 7.05 Å². The molecule has 4 rings (SSSR count). The molecule has 1 aliphatic rings. The van der Waals surface area contributed by atoms with Crippen LogP contribution in [0.25, 0.3) is 10.9 Å². The third kappa shape index (κ3) is 2.44. The van der Waals surface area contributed by atoms with E-state index in [1.807, 2.05) is 7.05 Å². The molecule has 5 nitrogen and oxygen atoms in total. The van der Waals surface area contributed by atoms with Gasteiger partial charge >= 0.3 is 0 Å². The third-order valence-corrected chi connectivity index (χ3v) is 5.19. The zero-order chi connectivity index (χ0) is 16.7. The predicted octanol–water partition coefficient (Wildman–Crippen LogP) is 3.36. The van der Waals surface area contributed by atoms with Gasteiger partial charge in [0.25, 0.3) is 0 Å². The standard InChI is InChI=1S/C19H23N5/c1-13-14(2)21-17-9-5-4-8-16(17)18(13)24-10-6-7-15(11-24)19-22-20-12-23(19)3/h4-5,8-9,12,15H,6-7,10-11H2,1-3H3/t15-/m0/s1. The molecule has 0 spiro atoms. The predicted molar refractivity (Wildman–Crippen MR) is 96.4 cm³/mol. The van der Waals surface area contributed by atoms with Crippen molar-refractivity contribution in [3.05, 3.63) is 47.7 Å². The maximum Gasteiger partial charge on any atom is 0.137 e. The molecule has 3 heterocycles. The number of pyridine rings is 1. The van der Waals surface area contributed by atoms with Gasteiger partial charge in [-0.2, -0.15) is 0 Å². The Balaban J connectivity index is 1.77. The van der Waals surface area contributed by atoms with Gasteiger partial charge < -0.3 is 9.47 Å². The first-order valence-corrected chi connectivity index (χ1v) is 8.60. The van der Waals surface area contributed by atoms with Gasteiger partial charge in [-0.25, -0.2) is 0 Å². The first-order valence-electron chi connectivity index (χ1n) is 8.60. The normalized spacial score (nSPS) is 18.3. The van der Waals surface area contributed by atoms with Gasteiger partial charge in [-0.05, 0) is 38.3 Å². The number of nitrogens with zero attached hydrogens (tertiary/aromatic N) is 5. The minimum Gasteiger partial charge on any atom is -0.370 e. The van der Waals surface area contributed by atoms with Crippen molar-refractivity contribution in [1.82, 2.24) is 19.7 Å². The van der Waals surface area contributed by atoms with E-state index in [0.29, 0.717) is 5.92 Å². The molecule has 0 N–H and O–H groups in total. The molecule has 1 aliphatic heterocycles. The molecular weight excluding hydrogens is 298 g/mol. The zero-order valence-electron chi connectivity index (χ0n) is 14.5. The Bertz CT molecular complexity index is 883. The molecule has 1 atom stereocenters. The number of fused-ring (bicyclic) bond motifs is 1. The van der Waals surface area contributed by atoms with E-state index in [0.717, 1.165) is 30.1 Å². The van der Waals surface area contributed by atoms with E-state index >= 15 is 0 Å². The Morgan fingerprint density at radius 2 is 2.00 bits per heavy atom. The summed E-state index contributed by atoms with van der Waals surface area (Å²) in [4.78, 5) is 7.28. The van der Waals surface area contributed by atoms with Gasteiger partial charge in [-0.15, -0.1) is 10.2 Å². The van der Waals surface area contributed by atoms with E-state index in [4.69, 9.17) is 4.98 Å². The topological polar surface area (TPSA) is 46.8 Å². The first-order chi connectivity index (χ1) is 11.6. The van der Waals surface area contributed by atoms with Crippen LogP contribution in [0.5, 0.6) is 0 Å². The van der Waals surface area contributed by atoms with Gasteiger partial charge in [0.15, 0.2) is 0 Å². The quantitative estimate of drug-likeness (QED) is 0.726. The average Bonchev–Trinajstić information content (AvgIpc) is 3.02. The Morgan fingerprint density at radius 1 is 1.17 bits per heavy atom. The summed E-state index contributed by atoms with van der Waals surface area (Å²) < 4.78 is 2.05. The van der Waals surface area contributed by atoms with Crippen molar-refractivity contribution >= 4 is 16.6 Å². The second-order valence-electron chi connectivity index (χ2n) is 6.77. The second-order valence-corrected chi connectivity index (χ2v) is 6.77. The summed E-state index contributed by atoms with van der Waals surface area (Å²) in [5.74, 6) is 1.52. The lowest BCUT2D eigenvalue weighted by Crippen LogP contribution is -2.36. The van der Waals surface area contributed by atoms with Gasteiger partial charge in [0.2, 0.25) is 0 Å². The van der Waals surface area contributed by atoms with E-state index in [2.05, 4.69) is 57.8 Å². The Kier molecular flexibility index (Phi) is 3.71. The minimum atomic E-state index is 0.429. The van der Waals surface area contributed by atoms with Crippen molar-refractivity contribution in [3.63, 3.8) is 0 Å². The van der Waals surface area contributed by atoms with Crippen LogP contribution in [0.4, 0.5) is 5.69 Å². The Labute approximate surface area is 142 Å². The van der Waals surface area contributed by atoms with Gasteiger partial charge in [0.1, 0.15) is 12.2 Å². The summed E-state index contributed by atoms with van der Waals surface area (Å²) in [5.41, 5.74) is 4.82. The molecule has 0 aliphatic carbocycles. The highest BCUT2D eigenvalue weighted by molar-refractivity contribution is 5.93. The number of aryl methyl sites for hydroxylation is 2. The number of anilines is 1. The van der Waals surface area contributed by atoms with Crippen molar-refractivity contribution in [2.45, 2.75) is 32.6 Å². The van der Waals surface area contributed by atoms with Crippen molar-refractivity contribution < 1.29 is 0 Å². The fourth-order valence-corrected chi connectivity index (χ4v) is 3.87. The Hall–Kier alpha value is -2.43. The molecular formula is C19H23N5. The number of aromatic nitrogens is 4. The van der Waals surface area contributed by atoms with Crippen molar-refractivity contribution in [3.8, 4) is 0 Å². The fraction of sp³-hybridized carbons (Fsp3) is 0.421. The molecule has 1 aromatic carbocycles. The first kappa shape index (κ1) is 15.1. The lowest BCUT2D eigenvalue weighted by Gasteiger charge is -2.35. The van der Waals surface area contributed by atoms with Crippen LogP contribution < -0.4 is 4.90 Å². The number of piperidine rings is 1. The third-order valence-electron chi connectivity index (χ3n) is 5.19. The van der Waals surface area contributed by atoms with Gasteiger partial charge in [0, 0.05) is 37.1 Å². The monoisotopic (exact) mass is 321 g/mol. The van der Waals surface area contributed by atoms with Crippen molar-refractivity contribution in [2.75, 3.05) is 18.0 Å². The molecule has 24 heavy (non-hydrogen) atoms. The SMILES string of the molecule is Cc1nc2ccccc2c(N2CCC[C@H](c3nncn3C)C2)c1C. The second kappa shape index (κ2) is 5.89. The number of hydrogen-bond donors (Lipinski definition) is 0. The van der Waals surface area contributed by atoms with Gasteiger partial charge in [0.05, 0.1) is 11.2 Å². The van der Waals surface area contributed by atoms with Crippen LogP contribution in [-0.4, -0.2) is 32.8 Å². The molecule has 1 fully saturated rings. The summed E-state index contributed by atoms with van der Waals surface area (Å²) in [6.45, 7) is 6.37. The van der Waals surface area contributed by atoms with E-state index in [9.17, 15) is 0 Å². The number of rotatable bonds is 2. The molecule has 2 aromatic heterocycles. The summed E-state index contributed by atoms with van der Waals surface area (Å²) in [5, 5.41) is 9.65. The smallest absolute Gasteiger partial charge is 0.137 e. The van der Waals surface area contributed by atoms with Crippen molar-refractivity contribution in [1.29, 1.82) is 0 Å². The molecule has 0 saturated carbocycles. The highest BCUT2D eigenvalue weighted by atomic mass is 15.3. The van der Waals surface area contributed by atoms with Crippen LogP contribution in [0.1, 0.15) is 35.8 Å². The van der Waals surface area contributed by atoms with E-state index in [1.165, 1.54) is 29.5 Å². The molecule has 5 heteroatoms. The molecule has 0 unspecified atom stereocenters. The van der Waals surface area contributed by atoms with E-state index in [1.54, 1.807) is 6.33 Å². The van der Waals surface area contributed by atoms with Crippen LogP contribution >= 0.6 is 0 Å². The summed E-state index contributed by atoms with van der Waals surface area (Å²) in [6, 6.07) is 8.46. The fourth-order valence-electron chi connectivity index (χ4n) is 3.87. The van der Waals surface area contributed by atoms with Gasteiger partial charge in [-0.1, -0.05) is 18.2 Å². The van der Waals surface area contributed by atoms with Crippen LogP contribution in [0.15, 0.2) is 30.6 Å². The summed E-state index contributed by atoms with van der Waals surface area (Å²) in [6.07, 6.45) is 4.14. The minimum absolute atomic E-state index is 0.429. The average molecular weight is 321 g/mol. The Morgan fingerprint density at radius 3 is 2.79 bits per heavy atom. The highest BCUT2D eigenvalue weighted by Gasteiger charge is 2.27. The van der Waals surface area contributed by atoms with Crippen LogP contribution in [0, 0.1) is 13.8 Å². The number of hydrogen-bond acceptors (Lipinski definition) is 4. The molecule has 124 valence electrons. The summed E-state index contributed by atoms with van der Waals surface area (Å²) in [7, 11) is 2.03. The van der Waals surface area contributed by atoms with E-state index < -0.39 is 0 Å². The summed E-state index contributed by atoms with van der Waals surface area (Å²) >= 11 is 0. The number of para-hydroxylation sites is 1. The van der Waals surface area contributed by atoms with Crippen molar-refractivity contribution in [2.24, 2.45) is 7.05 Å². The largest absolute Gasteiger partial charge is 0.370 e. The highest BCUT2D eigenvalue weighted by Crippen LogP contribution is 2.35. The molecule has 3 aromatic rings.